The highest BCUT2D eigenvalue weighted by atomic mass is 19.4. The van der Waals surface area contributed by atoms with Gasteiger partial charge in [0.1, 0.15) is 5.69 Å². The van der Waals surface area contributed by atoms with Crippen LogP contribution in [0.25, 0.3) is 10.9 Å². The maximum atomic E-state index is 13.3. The van der Waals surface area contributed by atoms with Gasteiger partial charge in [0, 0.05) is 42.5 Å². The summed E-state index contributed by atoms with van der Waals surface area (Å²) in [4.78, 5) is 22.9. The fourth-order valence-electron chi connectivity index (χ4n) is 3.79. The lowest BCUT2D eigenvalue weighted by Gasteiger charge is -2.34. The van der Waals surface area contributed by atoms with Crippen molar-refractivity contribution in [1.29, 1.82) is 0 Å². The van der Waals surface area contributed by atoms with Crippen molar-refractivity contribution >= 4 is 22.4 Å². The Hall–Kier alpha value is -2.96. The van der Waals surface area contributed by atoms with E-state index in [0.717, 1.165) is 18.9 Å². The van der Waals surface area contributed by atoms with E-state index >= 15 is 0 Å². The number of carbonyl (C=O) groups is 1. The molecule has 1 atom stereocenters. The van der Waals surface area contributed by atoms with Crippen LogP contribution in [0.5, 0.6) is 0 Å². The van der Waals surface area contributed by atoms with Crippen molar-refractivity contribution in [2.24, 2.45) is 5.92 Å². The quantitative estimate of drug-likeness (QED) is 0.611. The molecule has 1 unspecified atom stereocenters. The third-order valence-electron chi connectivity index (χ3n) is 5.10. The predicted octanol–water partition coefficient (Wildman–Crippen LogP) is 4.75. The lowest BCUT2D eigenvalue weighted by Crippen LogP contribution is -2.39. The Morgan fingerprint density at radius 3 is 2.64 bits per heavy atom. The number of hydrogen-bond donors (Lipinski definition) is 0. The number of Topliss-reactive ketones (excluding diaryl/α,β-unsaturated/α-hetero) is 1. The summed E-state index contributed by atoms with van der Waals surface area (Å²) >= 11 is 0. The number of hydrogen-bond acceptors (Lipinski definition) is 4. The Bertz CT molecular complexity index is 1000. The first-order valence-corrected chi connectivity index (χ1v) is 9.10. The van der Waals surface area contributed by atoms with Crippen LogP contribution in [0.15, 0.2) is 54.9 Å². The topological polar surface area (TPSA) is 46.1 Å². The van der Waals surface area contributed by atoms with Crippen LogP contribution in [0.3, 0.4) is 0 Å². The molecule has 2 aromatic heterocycles. The highest BCUT2D eigenvalue weighted by Gasteiger charge is 2.34. The first kappa shape index (κ1) is 18.4. The molecule has 1 aromatic carbocycles. The number of carbonyl (C=O) groups excluding carboxylic acids is 1. The van der Waals surface area contributed by atoms with Crippen LogP contribution in [0.4, 0.5) is 18.9 Å². The van der Waals surface area contributed by atoms with Gasteiger partial charge in [-0.15, -0.1) is 0 Å². The zero-order valence-electron chi connectivity index (χ0n) is 15.0. The normalized spacial score (nSPS) is 17.7. The number of anilines is 1. The fourth-order valence-corrected chi connectivity index (χ4v) is 3.79. The molecule has 0 radical (unpaired) electrons. The number of pyridine rings is 2. The van der Waals surface area contributed by atoms with E-state index in [1.807, 2.05) is 4.90 Å². The van der Waals surface area contributed by atoms with Crippen LogP contribution in [0, 0.1) is 5.92 Å². The average molecular weight is 385 g/mol. The molecule has 7 heteroatoms. The monoisotopic (exact) mass is 385 g/mol. The van der Waals surface area contributed by atoms with Crippen molar-refractivity contribution in [3.63, 3.8) is 0 Å². The van der Waals surface area contributed by atoms with Gasteiger partial charge < -0.3 is 4.90 Å². The van der Waals surface area contributed by atoms with Crippen LogP contribution < -0.4 is 4.90 Å². The molecule has 0 amide bonds. The Kier molecular flexibility index (Phi) is 4.75. The third-order valence-corrected chi connectivity index (χ3v) is 5.10. The van der Waals surface area contributed by atoms with Gasteiger partial charge >= 0.3 is 6.18 Å². The molecule has 0 aliphatic carbocycles. The average Bonchev–Trinajstić information content (AvgIpc) is 2.72. The van der Waals surface area contributed by atoms with Gasteiger partial charge in [0.15, 0.2) is 5.78 Å². The van der Waals surface area contributed by atoms with Crippen molar-refractivity contribution in [1.82, 2.24) is 9.97 Å². The number of para-hydroxylation sites is 1. The molecule has 4 rings (SSSR count). The number of fused-ring (bicyclic) bond motifs is 1. The second-order valence-corrected chi connectivity index (χ2v) is 6.89. The van der Waals surface area contributed by atoms with Gasteiger partial charge in [0.2, 0.25) is 0 Å². The number of halogens is 3. The predicted molar refractivity (Wildman–Crippen MR) is 100 cm³/mol. The van der Waals surface area contributed by atoms with E-state index in [9.17, 15) is 18.0 Å². The zero-order valence-corrected chi connectivity index (χ0v) is 15.0. The van der Waals surface area contributed by atoms with E-state index in [1.165, 1.54) is 12.3 Å². The summed E-state index contributed by atoms with van der Waals surface area (Å²) in [5.74, 6) is -0.266. The largest absolute Gasteiger partial charge is 0.418 e. The lowest BCUT2D eigenvalue weighted by molar-refractivity contribution is -0.136. The second kappa shape index (κ2) is 7.22. The third kappa shape index (κ3) is 3.44. The number of aromatic nitrogens is 2. The summed E-state index contributed by atoms with van der Waals surface area (Å²) in [6, 6.07) is 11.0. The van der Waals surface area contributed by atoms with Gasteiger partial charge in [0.05, 0.1) is 11.1 Å². The smallest absolute Gasteiger partial charge is 0.370 e. The Balaban J connectivity index is 1.68. The Morgan fingerprint density at radius 2 is 1.89 bits per heavy atom. The van der Waals surface area contributed by atoms with Crippen LogP contribution >= 0.6 is 0 Å². The fraction of sp³-hybridized carbons (Fsp3) is 0.286. The standard InChI is InChI=1S/C21H18F3N3O/c22-21(23,24)16-7-3-6-15-18(9-11-26-19(15)16)27-12-4-5-14(13-27)20(28)17-8-1-2-10-25-17/h1-3,6-11,14H,4-5,12-13H2. The summed E-state index contributed by atoms with van der Waals surface area (Å²) in [6.45, 7) is 1.13. The molecular weight excluding hydrogens is 367 g/mol. The Morgan fingerprint density at radius 1 is 1.04 bits per heavy atom. The molecule has 3 heterocycles. The molecule has 0 saturated carbocycles. The van der Waals surface area contributed by atoms with E-state index in [4.69, 9.17) is 0 Å². The minimum absolute atomic E-state index is 0.0281. The van der Waals surface area contributed by atoms with Crippen molar-refractivity contribution in [2.45, 2.75) is 19.0 Å². The van der Waals surface area contributed by atoms with Crippen LogP contribution in [0.1, 0.15) is 28.9 Å². The summed E-state index contributed by atoms with van der Waals surface area (Å²) in [5, 5.41) is 0.447. The van der Waals surface area contributed by atoms with E-state index in [2.05, 4.69) is 9.97 Å². The van der Waals surface area contributed by atoms with Gasteiger partial charge in [-0.2, -0.15) is 13.2 Å². The first-order chi connectivity index (χ1) is 13.4. The van der Waals surface area contributed by atoms with Crippen LogP contribution in [-0.2, 0) is 6.18 Å². The molecule has 1 aliphatic heterocycles. The second-order valence-electron chi connectivity index (χ2n) is 6.89. The molecular formula is C21H18F3N3O. The highest BCUT2D eigenvalue weighted by Crippen LogP contribution is 2.37. The van der Waals surface area contributed by atoms with Crippen LogP contribution in [-0.4, -0.2) is 28.8 Å². The van der Waals surface area contributed by atoms with Gasteiger partial charge in [-0.25, -0.2) is 0 Å². The number of rotatable bonds is 3. The Labute approximate surface area is 160 Å². The number of alkyl halides is 3. The van der Waals surface area contributed by atoms with Gasteiger partial charge in [0.25, 0.3) is 0 Å². The van der Waals surface area contributed by atoms with Crippen LogP contribution in [0.2, 0.25) is 0 Å². The van der Waals surface area contributed by atoms with Crippen molar-refractivity contribution in [2.75, 3.05) is 18.0 Å². The van der Waals surface area contributed by atoms with Gasteiger partial charge in [-0.3, -0.25) is 14.8 Å². The summed E-state index contributed by atoms with van der Waals surface area (Å²) in [5.41, 5.74) is 0.290. The lowest BCUT2D eigenvalue weighted by atomic mass is 9.91. The van der Waals surface area contributed by atoms with E-state index in [0.29, 0.717) is 29.9 Å². The minimum atomic E-state index is -4.47. The maximum Gasteiger partial charge on any atom is 0.418 e. The van der Waals surface area contributed by atoms with E-state index < -0.39 is 11.7 Å². The molecule has 0 spiro atoms. The molecule has 4 nitrogen and oxygen atoms in total. The zero-order chi connectivity index (χ0) is 19.7. The van der Waals surface area contributed by atoms with E-state index in [-0.39, 0.29) is 17.2 Å². The summed E-state index contributed by atoms with van der Waals surface area (Å²) in [6.07, 6.45) is 0.0409. The molecule has 3 aromatic rings. The maximum absolute atomic E-state index is 13.3. The highest BCUT2D eigenvalue weighted by molar-refractivity contribution is 5.97. The molecule has 1 aliphatic rings. The van der Waals surface area contributed by atoms with Gasteiger partial charge in [-0.1, -0.05) is 18.2 Å². The van der Waals surface area contributed by atoms with Crippen molar-refractivity contribution in [3.05, 3.63) is 66.1 Å². The van der Waals surface area contributed by atoms with E-state index in [1.54, 1.807) is 36.5 Å². The summed E-state index contributed by atoms with van der Waals surface area (Å²) < 4.78 is 40.0. The molecule has 1 saturated heterocycles. The van der Waals surface area contributed by atoms with Gasteiger partial charge in [-0.05, 0) is 37.1 Å². The van der Waals surface area contributed by atoms with Crippen molar-refractivity contribution < 1.29 is 18.0 Å². The number of piperidine rings is 1. The minimum Gasteiger partial charge on any atom is -0.370 e. The molecule has 1 fully saturated rings. The summed E-state index contributed by atoms with van der Waals surface area (Å²) in [7, 11) is 0. The number of benzene rings is 1. The number of ketones is 1. The SMILES string of the molecule is O=C(c1ccccn1)C1CCCN(c2ccnc3c(C(F)(F)F)cccc23)C1. The number of nitrogens with zero attached hydrogens (tertiary/aromatic N) is 3. The molecule has 28 heavy (non-hydrogen) atoms. The molecule has 144 valence electrons. The first-order valence-electron chi connectivity index (χ1n) is 9.10. The molecule has 0 bridgehead atoms. The molecule has 0 N–H and O–H groups in total. The van der Waals surface area contributed by atoms with Crippen molar-refractivity contribution in [3.8, 4) is 0 Å².